The summed E-state index contributed by atoms with van der Waals surface area (Å²) < 4.78 is 29.7. The van der Waals surface area contributed by atoms with Gasteiger partial charge in [0.1, 0.15) is 0 Å². The van der Waals surface area contributed by atoms with E-state index in [1.807, 2.05) is 6.07 Å². The van der Waals surface area contributed by atoms with Crippen molar-refractivity contribution < 1.29 is 13.2 Å². The molecule has 0 saturated carbocycles. The third-order valence-corrected chi connectivity index (χ3v) is 5.29. The SMILES string of the molecule is N#Cc1ccc(S(=O)(=O)CCNCCC2CCCO2)cc1. The van der Waals surface area contributed by atoms with Gasteiger partial charge in [-0.2, -0.15) is 5.26 Å². The Kier molecular flexibility index (Phi) is 5.74. The van der Waals surface area contributed by atoms with E-state index in [0.717, 1.165) is 32.4 Å². The highest BCUT2D eigenvalue weighted by atomic mass is 32.2. The van der Waals surface area contributed by atoms with Gasteiger partial charge in [0.05, 0.1) is 28.4 Å². The lowest BCUT2D eigenvalue weighted by atomic mass is 10.2. The molecule has 2 rings (SSSR count). The van der Waals surface area contributed by atoms with Crippen LogP contribution < -0.4 is 5.32 Å². The summed E-state index contributed by atoms with van der Waals surface area (Å²) in [6.45, 7) is 2.04. The van der Waals surface area contributed by atoms with Crippen LogP contribution in [0.5, 0.6) is 0 Å². The smallest absolute Gasteiger partial charge is 0.179 e. The van der Waals surface area contributed by atoms with Crippen molar-refractivity contribution in [2.24, 2.45) is 0 Å². The van der Waals surface area contributed by atoms with Crippen LogP contribution in [0.1, 0.15) is 24.8 Å². The molecule has 1 saturated heterocycles. The topological polar surface area (TPSA) is 79.2 Å². The number of nitrogens with one attached hydrogen (secondary N) is 1. The van der Waals surface area contributed by atoms with Gasteiger partial charge in [0.25, 0.3) is 0 Å². The fourth-order valence-corrected chi connectivity index (χ4v) is 3.52. The summed E-state index contributed by atoms with van der Waals surface area (Å²) in [5, 5.41) is 11.9. The van der Waals surface area contributed by atoms with Gasteiger partial charge in [0.15, 0.2) is 9.84 Å². The van der Waals surface area contributed by atoms with Crippen LogP contribution in [-0.2, 0) is 14.6 Å². The number of hydrogen-bond donors (Lipinski definition) is 1. The van der Waals surface area contributed by atoms with E-state index in [1.165, 1.54) is 24.3 Å². The largest absolute Gasteiger partial charge is 0.378 e. The molecule has 1 aromatic rings. The molecular formula is C15H20N2O3S. The quantitative estimate of drug-likeness (QED) is 0.772. The molecule has 6 heteroatoms. The van der Waals surface area contributed by atoms with Crippen molar-refractivity contribution in [3.05, 3.63) is 29.8 Å². The molecule has 0 aromatic heterocycles. The molecular weight excluding hydrogens is 288 g/mol. The molecule has 1 aromatic carbocycles. The average molecular weight is 308 g/mol. The molecule has 1 fully saturated rings. The zero-order valence-corrected chi connectivity index (χ0v) is 12.7. The molecule has 5 nitrogen and oxygen atoms in total. The van der Waals surface area contributed by atoms with Gasteiger partial charge in [0, 0.05) is 13.2 Å². The average Bonchev–Trinajstić information content (AvgIpc) is 3.00. The van der Waals surface area contributed by atoms with Crippen molar-refractivity contribution in [2.45, 2.75) is 30.3 Å². The van der Waals surface area contributed by atoms with Crippen molar-refractivity contribution in [1.29, 1.82) is 5.26 Å². The van der Waals surface area contributed by atoms with Crippen molar-refractivity contribution in [3.63, 3.8) is 0 Å². The van der Waals surface area contributed by atoms with Gasteiger partial charge in [-0.05, 0) is 50.1 Å². The number of ether oxygens (including phenoxy) is 1. The van der Waals surface area contributed by atoms with E-state index in [-0.39, 0.29) is 10.6 Å². The van der Waals surface area contributed by atoms with Gasteiger partial charge in [-0.15, -0.1) is 0 Å². The third kappa shape index (κ3) is 4.81. The molecule has 1 atom stereocenters. The summed E-state index contributed by atoms with van der Waals surface area (Å²) in [5.41, 5.74) is 0.462. The van der Waals surface area contributed by atoms with E-state index >= 15 is 0 Å². The zero-order chi connectivity index (χ0) is 15.1. The first-order valence-corrected chi connectivity index (χ1v) is 8.82. The second-order valence-electron chi connectivity index (χ2n) is 5.13. The number of rotatable bonds is 7. The highest BCUT2D eigenvalue weighted by Crippen LogP contribution is 2.14. The molecule has 0 bridgehead atoms. The molecule has 1 aliphatic heterocycles. The first-order chi connectivity index (χ1) is 10.1. The van der Waals surface area contributed by atoms with Gasteiger partial charge in [-0.1, -0.05) is 0 Å². The summed E-state index contributed by atoms with van der Waals surface area (Å²) in [6.07, 6.45) is 3.48. The summed E-state index contributed by atoms with van der Waals surface area (Å²) in [4.78, 5) is 0.266. The third-order valence-electron chi connectivity index (χ3n) is 3.56. The van der Waals surface area contributed by atoms with Gasteiger partial charge in [-0.25, -0.2) is 8.42 Å². The zero-order valence-electron chi connectivity index (χ0n) is 11.9. The number of sulfone groups is 1. The van der Waals surface area contributed by atoms with Crippen LogP contribution in [-0.4, -0.2) is 40.0 Å². The van der Waals surface area contributed by atoms with E-state index in [9.17, 15) is 8.42 Å². The number of hydrogen-bond acceptors (Lipinski definition) is 5. The van der Waals surface area contributed by atoms with Crippen molar-refractivity contribution >= 4 is 9.84 Å². The standard InChI is InChI=1S/C15H20N2O3S/c16-12-13-3-5-15(6-4-13)21(18,19)11-9-17-8-7-14-2-1-10-20-14/h3-6,14,17H,1-2,7-11H2. The van der Waals surface area contributed by atoms with Crippen molar-refractivity contribution in [3.8, 4) is 6.07 Å². The highest BCUT2D eigenvalue weighted by Gasteiger charge is 2.16. The Labute approximate surface area is 125 Å². The molecule has 1 aliphatic rings. The van der Waals surface area contributed by atoms with Gasteiger partial charge >= 0.3 is 0 Å². The number of nitriles is 1. The van der Waals surface area contributed by atoms with E-state index in [4.69, 9.17) is 10.00 Å². The normalized spacial score (nSPS) is 18.5. The highest BCUT2D eigenvalue weighted by molar-refractivity contribution is 7.91. The van der Waals surface area contributed by atoms with E-state index in [2.05, 4.69) is 5.32 Å². The minimum atomic E-state index is -3.29. The summed E-state index contributed by atoms with van der Waals surface area (Å²) in [7, 11) is -3.29. The Morgan fingerprint density at radius 3 is 2.67 bits per heavy atom. The monoisotopic (exact) mass is 308 g/mol. The van der Waals surface area contributed by atoms with Crippen LogP contribution in [0.2, 0.25) is 0 Å². The molecule has 114 valence electrons. The van der Waals surface area contributed by atoms with E-state index in [1.54, 1.807) is 0 Å². The Balaban J connectivity index is 1.74. The summed E-state index contributed by atoms with van der Waals surface area (Å²) in [6, 6.07) is 8.00. The van der Waals surface area contributed by atoms with Crippen LogP contribution in [0, 0.1) is 11.3 Å². The minimum absolute atomic E-state index is 0.0599. The predicted octanol–water partition coefficient (Wildman–Crippen LogP) is 1.49. The van der Waals surface area contributed by atoms with Gasteiger partial charge in [-0.3, -0.25) is 0 Å². The molecule has 1 N–H and O–H groups in total. The molecule has 0 amide bonds. The fraction of sp³-hybridized carbons (Fsp3) is 0.533. The predicted molar refractivity (Wildman–Crippen MR) is 79.7 cm³/mol. The molecule has 21 heavy (non-hydrogen) atoms. The fourth-order valence-electron chi connectivity index (χ4n) is 2.32. The van der Waals surface area contributed by atoms with E-state index < -0.39 is 9.84 Å². The maximum atomic E-state index is 12.1. The lowest BCUT2D eigenvalue weighted by Gasteiger charge is -2.10. The van der Waals surface area contributed by atoms with Crippen LogP contribution >= 0.6 is 0 Å². The van der Waals surface area contributed by atoms with Crippen LogP contribution in [0.3, 0.4) is 0 Å². The van der Waals surface area contributed by atoms with Crippen LogP contribution in [0.4, 0.5) is 0 Å². The first kappa shape index (κ1) is 16.0. The molecule has 0 aliphatic carbocycles. The molecule has 1 heterocycles. The Morgan fingerprint density at radius 1 is 1.29 bits per heavy atom. The summed E-state index contributed by atoms with van der Waals surface area (Å²) in [5.74, 6) is 0.0599. The van der Waals surface area contributed by atoms with E-state index in [0.29, 0.717) is 18.2 Å². The van der Waals surface area contributed by atoms with Crippen LogP contribution in [0.25, 0.3) is 0 Å². The second kappa shape index (κ2) is 7.55. The van der Waals surface area contributed by atoms with Gasteiger partial charge < -0.3 is 10.1 Å². The molecule has 1 unspecified atom stereocenters. The minimum Gasteiger partial charge on any atom is -0.378 e. The summed E-state index contributed by atoms with van der Waals surface area (Å²) >= 11 is 0. The molecule has 0 radical (unpaired) electrons. The molecule has 0 spiro atoms. The Hall–Kier alpha value is -1.42. The van der Waals surface area contributed by atoms with Gasteiger partial charge in [0.2, 0.25) is 0 Å². The lowest BCUT2D eigenvalue weighted by Crippen LogP contribution is -2.26. The maximum Gasteiger partial charge on any atom is 0.179 e. The Bertz CT molecular complexity index is 584. The van der Waals surface area contributed by atoms with Crippen molar-refractivity contribution in [2.75, 3.05) is 25.4 Å². The number of nitrogens with zero attached hydrogens (tertiary/aromatic N) is 1. The number of benzene rings is 1. The van der Waals surface area contributed by atoms with Crippen LogP contribution in [0.15, 0.2) is 29.2 Å². The lowest BCUT2D eigenvalue weighted by molar-refractivity contribution is 0.104. The van der Waals surface area contributed by atoms with Crippen molar-refractivity contribution in [1.82, 2.24) is 5.32 Å². The first-order valence-electron chi connectivity index (χ1n) is 7.17. The maximum absolute atomic E-state index is 12.1. The second-order valence-corrected chi connectivity index (χ2v) is 7.24. The Morgan fingerprint density at radius 2 is 2.05 bits per heavy atom.